The van der Waals surface area contributed by atoms with Crippen molar-refractivity contribution in [3.8, 4) is 22.9 Å². The summed E-state index contributed by atoms with van der Waals surface area (Å²) in [5, 5.41) is 7.67. The lowest BCUT2D eigenvalue weighted by Gasteiger charge is -2.09. The van der Waals surface area contributed by atoms with E-state index in [1.165, 1.54) is 11.7 Å². The summed E-state index contributed by atoms with van der Waals surface area (Å²) in [6, 6.07) is 5.18. The van der Waals surface area contributed by atoms with Gasteiger partial charge in [0.15, 0.2) is 23.1 Å². The first-order chi connectivity index (χ1) is 11.7. The summed E-state index contributed by atoms with van der Waals surface area (Å²) >= 11 is 0. The number of methoxy groups -OCH3 is 2. The van der Waals surface area contributed by atoms with Crippen LogP contribution in [-0.2, 0) is 13.0 Å². The van der Waals surface area contributed by atoms with Crippen LogP contribution < -0.4 is 15.2 Å². The van der Waals surface area contributed by atoms with Gasteiger partial charge < -0.3 is 14.0 Å². The zero-order valence-electron chi connectivity index (χ0n) is 13.5. The van der Waals surface area contributed by atoms with Crippen molar-refractivity contribution >= 4 is 0 Å². The fraction of sp³-hybridized carbons (Fsp3) is 0.333. The number of benzene rings is 1. The van der Waals surface area contributed by atoms with Crippen LogP contribution in [0.15, 0.2) is 32.0 Å². The Morgan fingerprint density at radius 1 is 1.12 bits per heavy atom. The van der Waals surface area contributed by atoms with E-state index in [2.05, 4.69) is 15.3 Å². The first-order valence-corrected chi connectivity index (χ1v) is 7.26. The SMILES string of the molecule is CCc1nc(Cn2c(-c3ccc(OC)c(OC)c3)noc2=O)no1. The van der Waals surface area contributed by atoms with Crippen LogP contribution in [0.3, 0.4) is 0 Å². The van der Waals surface area contributed by atoms with Gasteiger partial charge in [-0.25, -0.2) is 9.36 Å². The van der Waals surface area contributed by atoms with Gasteiger partial charge >= 0.3 is 5.76 Å². The van der Waals surface area contributed by atoms with Crippen LogP contribution in [0.5, 0.6) is 11.5 Å². The number of hydrogen-bond donors (Lipinski definition) is 0. The molecular weight excluding hydrogens is 316 g/mol. The van der Waals surface area contributed by atoms with E-state index < -0.39 is 5.76 Å². The Hall–Kier alpha value is -3.10. The molecule has 0 radical (unpaired) electrons. The third-order valence-electron chi connectivity index (χ3n) is 3.44. The first kappa shape index (κ1) is 15.8. The van der Waals surface area contributed by atoms with E-state index in [9.17, 15) is 4.79 Å². The molecule has 3 aromatic rings. The van der Waals surface area contributed by atoms with Gasteiger partial charge in [0.2, 0.25) is 5.89 Å². The molecule has 0 bridgehead atoms. The summed E-state index contributed by atoms with van der Waals surface area (Å²) in [4.78, 5) is 16.2. The van der Waals surface area contributed by atoms with E-state index in [4.69, 9.17) is 18.5 Å². The Kier molecular flexibility index (Phi) is 4.32. The Morgan fingerprint density at radius 3 is 2.58 bits per heavy atom. The van der Waals surface area contributed by atoms with Crippen molar-refractivity contribution in [3.05, 3.63) is 40.5 Å². The highest BCUT2D eigenvalue weighted by Gasteiger charge is 2.17. The Morgan fingerprint density at radius 2 is 1.92 bits per heavy atom. The maximum atomic E-state index is 12.0. The number of nitrogens with zero attached hydrogens (tertiary/aromatic N) is 4. The molecule has 9 nitrogen and oxygen atoms in total. The zero-order valence-corrected chi connectivity index (χ0v) is 13.5. The molecule has 126 valence electrons. The zero-order chi connectivity index (χ0) is 17.1. The molecule has 0 amide bonds. The van der Waals surface area contributed by atoms with E-state index in [1.54, 1.807) is 25.3 Å². The second kappa shape index (κ2) is 6.57. The minimum atomic E-state index is -0.609. The van der Waals surface area contributed by atoms with Crippen molar-refractivity contribution in [1.29, 1.82) is 0 Å². The second-order valence-corrected chi connectivity index (χ2v) is 4.89. The maximum absolute atomic E-state index is 12.0. The van der Waals surface area contributed by atoms with Crippen LogP contribution in [0.4, 0.5) is 0 Å². The van der Waals surface area contributed by atoms with Gasteiger partial charge in [-0.15, -0.1) is 0 Å². The molecule has 2 aromatic heterocycles. The van der Waals surface area contributed by atoms with E-state index >= 15 is 0 Å². The van der Waals surface area contributed by atoms with Crippen LogP contribution in [0.25, 0.3) is 11.4 Å². The molecule has 0 aliphatic carbocycles. The van der Waals surface area contributed by atoms with E-state index in [0.717, 1.165) is 0 Å². The fourth-order valence-electron chi connectivity index (χ4n) is 2.23. The lowest BCUT2D eigenvalue weighted by Crippen LogP contribution is -2.17. The summed E-state index contributed by atoms with van der Waals surface area (Å²) in [5.41, 5.74) is 0.637. The van der Waals surface area contributed by atoms with Crippen molar-refractivity contribution in [1.82, 2.24) is 19.9 Å². The first-order valence-electron chi connectivity index (χ1n) is 7.26. The smallest absolute Gasteiger partial charge is 0.442 e. The number of aryl methyl sites for hydroxylation is 1. The van der Waals surface area contributed by atoms with E-state index in [0.29, 0.717) is 41.0 Å². The van der Waals surface area contributed by atoms with Gasteiger partial charge in [0.25, 0.3) is 0 Å². The highest BCUT2D eigenvalue weighted by atomic mass is 16.5. The molecule has 2 heterocycles. The van der Waals surface area contributed by atoms with Crippen LogP contribution in [-0.4, -0.2) is 34.1 Å². The third-order valence-corrected chi connectivity index (χ3v) is 3.44. The predicted molar refractivity (Wildman–Crippen MR) is 82.1 cm³/mol. The van der Waals surface area contributed by atoms with Crippen LogP contribution in [0.2, 0.25) is 0 Å². The average molecular weight is 332 g/mol. The predicted octanol–water partition coefficient (Wildman–Crippen LogP) is 1.51. The van der Waals surface area contributed by atoms with Crippen molar-refractivity contribution in [2.45, 2.75) is 19.9 Å². The van der Waals surface area contributed by atoms with Crippen molar-refractivity contribution in [2.24, 2.45) is 0 Å². The van der Waals surface area contributed by atoms with Crippen molar-refractivity contribution in [3.63, 3.8) is 0 Å². The molecule has 3 rings (SSSR count). The lowest BCUT2D eigenvalue weighted by molar-refractivity contribution is 0.355. The molecule has 24 heavy (non-hydrogen) atoms. The van der Waals surface area contributed by atoms with Crippen LogP contribution in [0.1, 0.15) is 18.6 Å². The number of aromatic nitrogens is 4. The summed E-state index contributed by atoms with van der Waals surface area (Å²) in [7, 11) is 3.08. The molecular formula is C15H16N4O5. The minimum absolute atomic E-state index is 0.0928. The molecule has 0 aliphatic rings. The Balaban J connectivity index is 1.99. The standard InChI is InChI=1S/C15H16N4O5/c1-4-13-16-12(17-23-13)8-19-14(18-24-15(19)20)9-5-6-10(21-2)11(7-9)22-3/h5-7H,4,8H2,1-3H3. The molecule has 1 aromatic carbocycles. The van der Waals surface area contributed by atoms with Gasteiger partial charge in [0, 0.05) is 12.0 Å². The fourth-order valence-corrected chi connectivity index (χ4v) is 2.23. The maximum Gasteiger partial charge on any atom is 0.442 e. The number of ether oxygens (including phenoxy) is 2. The normalized spacial score (nSPS) is 10.8. The minimum Gasteiger partial charge on any atom is -0.493 e. The molecule has 0 aliphatic heterocycles. The van der Waals surface area contributed by atoms with Gasteiger partial charge in [-0.05, 0) is 18.2 Å². The van der Waals surface area contributed by atoms with Crippen molar-refractivity contribution in [2.75, 3.05) is 14.2 Å². The molecule has 0 unspecified atom stereocenters. The summed E-state index contributed by atoms with van der Waals surface area (Å²) < 4.78 is 21.6. The van der Waals surface area contributed by atoms with E-state index in [-0.39, 0.29) is 6.54 Å². The van der Waals surface area contributed by atoms with E-state index in [1.807, 2.05) is 6.92 Å². The highest BCUT2D eigenvalue weighted by Crippen LogP contribution is 2.31. The van der Waals surface area contributed by atoms with Gasteiger partial charge in [-0.2, -0.15) is 4.98 Å². The van der Waals surface area contributed by atoms with Crippen LogP contribution >= 0.6 is 0 Å². The number of rotatable bonds is 6. The molecule has 0 fully saturated rings. The summed E-state index contributed by atoms with van der Waals surface area (Å²) in [6.45, 7) is 1.99. The topological polar surface area (TPSA) is 105 Å². The second-order valence-electron chi connectivity index (χ2n) is 4.89. The Bertz CT molecular complexity index is 895. The molecule has 0 spiro atoms. The van der Waals surface area contributed by atoms with Gasteiger partial charge in [-0.3, -0.25) is 4.52 Å². The van der Waals surface area contributed by atoms with Gasteiger partial charge in [-0.1, -0.05) is 17.2 Å². The highest BCUT2D eigenvalue weighted by molar-refractivity contribution is 5.61. The summed E-state index contributed by atoms with van der Waals surface area (Å²) in [5.74, 6) is 1.70. The monoisotopic (exact) mass is 332 g/mol. The largest absolute Gasteiger partial charge is 0.493 e. The lowest BCUT2D eigenvalue weighted by atomic mass is 10.2. The molecule has 0 N–H and O–H groups in total. The molecule has 0 saturated carbocycles. The van der Waals surface area contributed by atoms with Crippen molar-refractivity contribution < 1.29 is 18.5 Å². The third kappa shape index (κ3) is 2.87. The summed E-state index contributed by atoms with van der Waals surface area (Å²) in [6.07, 6.45) is 0.619. The molecule has 9 heteroatoms. The average Bonchev–Trinajstić information content (AvgIpc) is 3.22. The van der Waals surface area contributed by atoms with Gasteiger partial charge in [0.1, 0.15) is 0 Å². The molecule has 0 saturated heterocycles. The van der Waals surface area contributed by atoms with Gasteiger partial charge in [0.05, 0.1) is 20.8 Å². The number of hydrogen-bond acceptors (Lipinski definition) is 8. The Labute approximate surface area is 136 Å². The van der Waals surface area contributed by atoms with Crippen LogP contribution in [0, 0.1) is 0 Å². The quantitative estimate of drug-likeness (QED) is 0.669. The molecule has 0 atom stereocenters.